The average molecular weight is 297 g/mol. The summed E-state index contributed by atoms with van der Waals surface area (Å²) in [5, 5.41) is 0.839. The Hall–Kier alpha value is 0.430. The van der Waals surface area contributed by atoms with Gasteiger partial charge in [-0.3, -0.25) is 0 Å². The van der Waals surface area contributed by atoms with Crippen molar-refractivity contribution in [2.24, 2.45) is 5.41 Å². The Morgan fingerprint density at radius 2 is 1.87 bits per heavy atom. The highest BCUT2D eigenvalue weighted by atomic mass is 79.9. The summed E-state index contributed by atoms with van der Waals surface area (Å²) in [6.45, 7) is 2.03. The Morgan fingerprint density at radius 1 is 1.27 bits per heavy atom. The Bertz CT molecular complexity index is 279. The Balaban J connectivity index is 2.58. The van der Waals surface area contributed by atoms with Crippen LogP contribution in [0.15, 0.2) is 0 Å². The normalized spacial score (nSPS) is 20.7. The van der Waals surface area contributed by atoms with Crippen LogP contribution in [0.5, 0.6) is 0 Å². The zero-order valence-corrected chi connectivity index (χ0v) is 11.9. The molecule has 0 amide bonds. The molecule has 0 aromatic rings. The molecule has 1 rings (SSSR count). The van der Waals surface area contributed by atoms with Gasteiger partial charge in [-0.2, -0.15) is 0 Å². The van der Waals surface area contributed by atoms with Crippen molar-refractivity contribution in [3.8, 4) is 0 Å². The van der Waals surface area contributed by atoms with E-state index in [0.29, 0.717) is 11.5 Å². The Morgan fingerprint density at radius 3 is 2.33 bits per heavy atom. The van der Waals surface area contributed by atoms with Gasteiger partial charge >= 0.3 is 0 Å². The van der Waals surface area contributed by atoms with Crippen LogP contribution >= 0.6 is 15.9 Å². The monoisotopic (exact) mass is 296 g/mol. The molecule has 0 spiro atoms. The van der Waals surface area contributed by atoms with Crippen LogP contribution in [0, 0.1) is 5.41 Å². The molecule has 0 aliphatic heterocycles. The maximum absolute atomic E-state index is 11.9. The molecular weight excluding hydrogens is 276 g/mol. The summed E-state index contributed by atoms with van der Waals surface area (Å²) in [4.78, 5) is 0. The molecule has 0 unspecified atom stereocenters. The van der Waals surface area contributed by atoms with Gasteiger partial charge < -0.3 is 0 Å². The molecule has 0 atom stereocenters. The smallest absolute Gasteiger partial charge is 0.150 e. The third-order valence-electron chi connectivity index (χ3n) is 3.28. The molecule has 0 aromatic carbocycles. The van der Waals surface area contributed by atoms with Gasteiger partial charge in [-0.1, -0.05) is 42.1 Å². The molecule has 1 saturated carbocycles. The Labute approximate surface area is 102 Å². The molecule has 15 heavy (non-hydrogen) atoms. The fraction of sp³-hybridized carbons (Fsp3) is 1.00. The molecule has 0 bridgehead atoms. The van der Waals surface area contributed by atoms with Crippen LogP contribution in [0.4, 0.5) is 0 Å². The van der Waals surface area contributed by atoms with E-state index in [4.69, 9.17) is 0 Å². The molecule has 1 aliphatic carbocycles. The number of unbranched alkanes of at least 4 members (excludes halogenated alkanes) is 1. The minimum absolute atomic E-state index is 0.0482. The van der Waals surface area contributed by atoms with Crippen molar-refractivity contribution in [3.05, 3.63) is 0 Å². The van der Waals surface area contributed by atoms with Crippen LogP contribution in [0.3, 0.4) is 0 Å². The molecule has 1 aliphatic rings. The van der Waals surface area contributed by atoms with Crippen molar-refractivity contribution >= 4 is 25.8 Å². The van der Waals surface area contributed by atoms with Crippen LogP contribution in [-0.4, -0.2) is 25.3 Å². The van der Waals surface area contributed by atoms with Crippen molar-refractivity contribution in [2.45, 2.75) is 45.4 Å². The van der Waals surface area contributed by atoms with E-state index in [1.807, 2.05) is 6.92 Å². The highest BCUT2D eigenvalue weighted by Gasteiger charge is 2.36. The zero-order valence-electron chi connectivity index (χ0n) is 9.47. The van der Waals surface area contributed by atoms with Gasteiger partial charge in [0.1, 0.15) is 0 Å². The fourth-order valence-electron chi connectivity index (χ4n) is 2.34. The Kier molecular flexibility index (Phi) is 5.10. The summed E-state index contributed by atoms with van der Waals surface area (Å²) in [5.41, 5.74) is 0.0482. The summed E-state index contributed by atoms with van der Waals surface area (Å²) in [6, 6.07) is 0. The van der Waals surface area contributed by atoms with Crippen molar-refractivity contribution < 1.29 is 8.42 Å². The van der Waals surface area contributed by atoms with E-state index in [1.165, 1.54) is 12.8 Å². The highest BCUT2D eigenvalue weighted by Crippen LogP contribution is 2.40. The first-order chi connectivity index (χ1) is 7.04. The maximum Gasteiger partial charge on any atom is 0.150 e. The molecule has 4 heteroatoms. The molecule has 0 saturated heterocycles. The van der Waals surface area contributed by atoms with Gasteiger partial charge in [0.05, 0.1) is 11.5 Å². The zero-order chi connectivity index (χ0) is 11.4. The number of halogens is 1. The van der Waals surface area contributed by atoms with Crippen LogP contribution in [0.25, 0.3) is 0 Å². The van der Waals surface area contributed by atoms with Crippen LogP contribution < -0.4 is 0 Å². The lowest BCUT2D eigenvalue weighted by Gasteiger charge is -2.25. The van der Waals surface area contributed by atoms with E-state index in [0.717, 1.165) is 31.0 Å². The van der Waals surface area contributed by atoms with Crippen LogP contribution in [0.1, 0.15) is 45.4 Å². The standard InChI is InChI=1S/C11H21BrO2S/c1-2-3-8-15(13,14)10-11(9-12)6-4-5-7-11/h2-10H2,1H3. The quantitative estimate of drug-likeness (QED) is 0.706. The van der Waals surface area contributed by atoms with Gasteiger partial charge in [0.15, 0.2) is 9.84 Å². The number of hydrogen-bond acceptors (Lipinski definition) is 2. The first-order valence-corrected chi connectivity index (χ1v) is 8.74. The third kappa shape index (κ3) is 4.06. The molecule has 2 nitrogen and oxygen atoms in total. The van der Waals surface area contributed by atoms with Crippen molar-refractivity contribution in [1.82, 2.24) is 0 Å². The summed E-state index contributed by atoms with van der Waals surface area (Å²) in [7, 11) is -2.83. The first kappa shape index (κ1) is 13.5. The van der Waals surface area contributed by atoms with E-state index in [-0.39, 0.29) is 5.41 Å². The maximum atomic E-state index is 11.9. The van der Waals surface area contributed by atoms with Gasteiger partial charge in [0.25, 0.3) is 0 Å². The summed E-state index contributed by atoms with van der Waals surface area (Å²) >= 11 is 3.49. The lowest BCUT2D eigenvalue weighted by Crippen LogP contribution is -2.30. The lowest BCUT2D eigenvalue weighted by molar-refractivity contribution is 0.394. The molecule has 0 radical (unpaired) electrons. The molecule has 0 heterocycles. The molecule has 1 fully saturated rings. The highest BCUT2D eigenvalue weighted by molar-refractivity contribution is 9.09. The number of rotatable bonds is 6. The van der Waals surface area contributed by atoms with E-state index < -0.39 is 9.84 Å². The van der Waals surface area contributed by atoms with Gasteiger partial charge in [0.2, 0.25) is 0 Å². The summed E-state index contributed by atoms with van der Waals surface area (Å²) < 4.78 is 23.8. The van der Waals surface area contributed by atoms with E-state index in [2.05, 4.69) is 15.9 Å². The topological polar surface area (TPSA) is 34.1 Å². The number of sulfone groups is 1. The number of alkyl halides is 1. The summed E-state index contributed by atoms with van der Waals surface area (Å²) in [5.74, 6) is 0.767. The van der Waals surface area contributed by atoms with Crippen LogP contribution in [-0.2, 0) is 9.84 Å². The first-order valence-electron chi connectivity index (χ1n) is 5.80. The van der Waals surface area contributed by atoms with Gasteiger partial charge in [0, 0.05) is 5.33 Å². The predicted molar refractivity (Wildman–Crippen MR) is 68.3 cm³/mol. The summed E-state index contributed by atoms with van der Waals surface area (Å²) in [6.07, 6.45) is 6.29. The molecule has 0 aromatic heterocycles. The molecule has 0 N–H and O–H groups in total. The van der Waals surface area contributed by atoms with E-state index in [1.54, 1.807) is 0 Å². The second kappa shape index (κ2) is 5.67. The average Bonchev–Trinajstić information content (AvgIpc) is 2.63. The van der Waals surface area contributed by atoms with E-state index >= 15 is 0 Å². The van der Waals surface area contributed by atoms with Gasteiger partial charge in [-0.15, -0.1) is 0 Å². The second-order valence-corrected chi connectivity index (χ2v) is 7.53. The minimum atomic E-state index is -2.83. The molecule has 90 valence electrons. The fourth-order valence-corrected chi connectivity index (χ4v) is 5.56. The second-order valence-electron chi connectivity index (χ2n) is 4.79. The predicted octanol–water partition coefficient (Wildman–Crippen LogP) is 3.16. The van der Waals surface area contributed by atoms with E-state index in [9.17, 15) is 8.42 Å². The van der Waals surface area contributed by atoms with Gasteiger partial charge in [-0.25, -0.2) is 8.42 Å². The SMILES string of the molecule is CCCCS(=O)(=O)CC1(CBr)CCCC1. The van der Waals surface area contributed by atoms with Crippen LogP contribution in [0.2, 0.25) is 0 Å². The lowest BCUT2D eigenvalue weighted by atomic mass is 9.92. The minimum Gasteiger partial charge on any atom is -0.229 e. The number of hydrogen-bond donors (Lipinski definition) is 0. The van der Waals surface area contributed by atoms with Crippen molar-refractivity contribution in [1.29, 1.82) is 0 Å². The largest absolute Gasteiger partial charge is 0.229 e. The third-order valence-corrected chi connectivity index (χ3v) is 6.44. The van der Waals surface area contributed by atoms with Crippen molar-refractivity contribution in [2.75, 3.05) is 16.8 Å². The van der Waals surface area contributed by atoms with Crippen molar-refractivity contribution in [3.63, 3.8) is 0 Å². The molecular formula is C11H21BrO2S. The van der Waals surface area contributed by atoms with Gasteiger partial charge in [-0.05, 0) is 24.7 Å².